The standard InChI is InChI=1S/C14H16BrNO2S/c1-14(2,3)19(17,18)16-13-7-5-10-8-12(15)6-4-11(10)9-13/h4-9,16H,1-3H3. The van der Waals surface area contributed by atoms with Crippen LogP contribution < -0.4 is 4.72 Å². The Morgan fingerprint density at radius 2 is 1.58 bits per heavy atom. The van der Waals surface area contributed by atoms with Crippen LogP contribution in [0.25, 0.3) is 10.8 Å². The largest absolute Gasteiger partial charge is 0.283 e. The van der Waals surface area contributed by atoms with Gasteiger partial charge in [-0.15, -0.1) is 0 Å². The Morgan fingerprint density at radius 1 is 1.00 bits per heavy atom. The number of rotatable bonds is 2. The van der Waals surface area contributed by atoms with Crippen molar-refractivity contribution in [1.29, 1.82) is 0 Å². The SMILES string of the molecule is CC(C)(C)S(=O)(=O)Nc1ccc2cc(Br)ccc2c1. The molecule has 0 fully saturated rings. The van der Waals surface area contributed by atoms with Gasteiger partial charge in [0.1, 0.15) is 0 Å². The third-order valence-corrected chi connectivity index (χ3v) is 5.47. The molecule has 102 valence electrons. The van der Waals surface area contributed by atoms with E-state index in [9.17, 15) is 8.42 Å². The van der Waals surface area contributed by atoms with Crippen molar-refractivity contribution in [3.8, 4) is 0 Å². The Labute approximate surface area is 122 Å². The first-order valence-corrected chi connectivity index (χ1v) is 8.18. The van der Waals surface area contributed by atoms with E-state index in [1.54, 1.807) is 26.8 Å². The van der Waals surface area contributed by atoms with Gasteiger partial charge in [-0.05, 0) is 55.8 Å². The van der Waals surface area contributed by atoms with Crippen molar-refractivity contribution in [2.24, 2.45) is 0 Å². The highest BCUT2D eigenvalue weighted by atomic mass is 79.9. The van der Waals surface area contributed by atoms with Crippen LogP contribution in [0.15, 0.2) is 40.9 Å². The van der Waals surface area contributed by atoms with Crippen molar-refractivity contribution >= 4 is 42.4 Å². The number of nitrogens with one attached hydrogen (secondary N) is 1. The fourth-order valence-corrected chi connectivity index (χ4v) is 2.71. The van der Waals surface area contributed by atoms with E-state index in [0.717, 1.165) is 15.2 Å². The second kappa shape index (κ2) is 4.80. The van der Waals surface area contributed by atoms with Crippen molar-refractivity contribution in [2.45, 2.75) is 25.5 Å². The van der Waals surface area contributed by atoms with Crippen LogP contribution in [0.2, 0.25) is 0 Å². The maximum absolute atomic E-state index is 12.1. The highest BCUT2D eigenvalue weighted by Gasteiger charge is 2.28. The minimum absolute atomic E-state index is 0.588. The summed E-state index contributed by atoms with van der Waals surface area (Å²) in [4.78, 5) is 0. The van der Waals surface area contributed by atoms with E-state index in [1.807, 2.05) is 30.3 Å². The van der Waals surface area contributed by atoms with Crippen LogP contribution in [-0.4, -0.2) is 13.2 Å². The quantitative estimate of drug-likeness (QED) is 0.891. The number of hydrogen-bond donors (Lipinski definition) is 1. The zero-order valence-electron chi connectivity index (χ0n) is 11.1. The van der Waals surface area contributed by atoms with Gasteiger partial charge < -0.3 is 0 Å². The molecule has 19 heavy (non-hydrogen) atoms. The Bertz CT molecular complexity index is 718. The number of halogens is 1. The molecule has 0 aliphatic rings. The molecule has 0 amide bonds. The fraction of sp³-hybridized carbons (Fsp3) is 0.286. The van der Waals surface area contributed by atoms with Gasteiger partial charge >= 0.3 is 0 Å². The summed E-state index contributed by atoms with van der Waals surface area (Å²) in [5, 5.41) is 2.06. The van der Waals surface area contributed by atoms with Crippen LogP contribution in [-0.2, 0) is 10.0 Å². The maximum Gasteiger partial charge on any atom is 0.237 e. The van der Waals surface area contributed by atoms with Crippen LogP contribution in [0.5, 0.6) is 0 Å². The maximum atomic E-state index is 12.1. The molecule has 0 spiro atoms. The highest BCUT2D eigenvalue weighted by molar-refractivity contribution is 9.10. The van der Waals surface area contributed by atoms with Gasteiger partial charge in [-0.1, -0.05) is 28.1 Å². The summed E-state index contributed by atoms with van der Waals surface area (Å²) < 4.78 is 27.0. The fourth-order valence-electron chi connectivity index (χ4n) is 1.59. The van der Waals surface area contributed by atoms with Crippen LogP contribution in [0.1, 0.15) is 20.8 Å². The van der Waals surface area contributed by atoms with Crippen LogP contribution in [0.4, 0.5) is 5.69 Å². The van der Waals surface area contributed by atoms with Crippen LogP contribution in [0.3, 0.4) is 0 Å². The molecule has 2 aromatic rings. The van der Waals surface area contributed by atoms with Gasteiger partial charge in [-0.3, -0.25) is 4.72 Å². The molecule has 0 heterocycles. The molecule has 0 atom stereocenters. The summed E-state index contributed by atoms with van der Waals surface area (Å²) in [6.45, 7) is 5.02. The summed E-state index contributed by atoms with van der Waals surface area (Å²) in [5.41, 5.74) is 0.588. The van der Waals surface area contributed by atoms with Gasteiger partial charge in [0.2, 0.25) is 10.0 Å². The number of hydrogen-bond acceptors (Lipinski definition) is 2. The smallest absolute Gasteiger partial charge is 0.237 e. The summed E-state index contributed by atoms with van der Waals surface area (Å²) >= 11 is 3.41. The molecule has 3 nitrogen and oxygen atoms in total. The van der Waals surface area contributed by atoms with Gasteiger partial charge in [0.15, 0.2) is 0 Å². The zero-order chi connectivity index (χ0) is 14.3. The monoisotopic (exact) mass is 341 g/mol. The molecule has 1 N–H and O–H groups in total. The lowest BCUT2D eigenvalue weighted by Gasteiger charge is -2.20. The normalized spacial score (nSPS) is 12.6. The summed E-state index contributed by atoms with van der Waals surface area (Å²) in [5.74, 6) is 0. The molecule has 0 aromatic heterocycles. The topological polar surface area (TPSA) is 46.2 Å². The Kier molecular flexibility index (Phi) is 3.62. The van der Waals surface area contributed by atoms with Gasteiger partial charge in [-0.2, -0.15) is 0 Å². The third-order valence-electron chi connectivity index (χ3n) is 2.86. The predicted octanol–water partition coefficient (Wildman–Crippen LogP) is 4.14. The van der Waals surface area contributed by atoms with E-state index in [1.165, 1.54) is 0 Å². The molecule has 0 bridgehead atoms. The minimum atomic E-state index is -3.39. The third kappa shape index (κ3) is 3.09. The van der Waals surface area contributed by atoms with Crippen molar-refractivity contribution < 1.29 is 8.42 Å². The van der Waals surface area contributed by atoms with Crippen molar-refractivity contribution in [1.82, 2.24) is 0 Å². The van der Waals surface area contributed by atoms with Crippen molar-refractivity contribution in [3.63, 3.8) is 0 Å². The van der Waals surface area contributed by atoms with Gasteiger partial charge in [0, 0.05) is 10.2 Å². The molecule has 2 aromatic carbocycles. The number of sulfonamides is 1. The lowest BCUT2D eigenvalue weighted by Crippen LogP contribution is -2.33. The molecule has 5 heteroatoms. The molecule has 0 saturated carbocycles. The molecule has 2 rings (SSSR count). The molecule has 0 aliphatic heterocycles. The molecule has 0 radical (unpaired) electrons. The van der Waals surface area contributed by atoms with Gasteiger partial charge in [-0.25, -0.2) is 8.42 Å². The van der Waals surface area contributed by atoms with Crippen LogP contribution in [0, 0.1) is 0 Å². The lowest BCUT2D eigenvalue weighted by molar-refractivity contribution is 0.566. The molecular formula is C14H16BrNO2S. The second-order valence-electron chi connectivity index (χ2n) is 5.42. The van der Waals surface area contributed by atoms with E-state index in [4.69, 9.17) is 0 Å². The Hall–Kier alpha value is -1.07. The summed E-state index contributed by atoms with van der Waals surface area (Å²) in [6, 6.07) is 11.4. The summed E-state index contributed by atoms with van der Waals surface area (Å²) in [7, 11) is -3.39. The highest BCUT2D eigenvalue weighted by Crippen LogP contribution is 2.25. The van der Waals surface area contributed by atoms with Crippen LogP contribution >= 0.6 is 15.9 Å². The van der Waals surface area contributed by atoms with Crippen molar-refractivity contribution in [3.05, 3.63) is 40.9 Å². The average molecular weight is 342 g/mol. The van der Waals surface area contributed by atoms with Gasteiger partial charge in [0.05, 0.1) is 4.75 Å². The second-order valence-corrected chi connectivity index (χ2v) is 8.78. The van der Waals surface area contributed by atoms with Gasteiger partial charge in [0.25, 0.3) is 0 Å². The molecule has 0 saturated heterocycles. The van der Waals surface area contributed by atoms with E-state index >= 15 is 0 Å². The minimum Gasteiger partial charge on any atom is -0.283 e. The first-order valence-electron chi connectivity index (χ1n) is 5.91. The number of anilines is 1. The lowest BCUT2D eigenvalue weighted by atomic mass is 10.1. The molecule has 0 unspecified atom stereocenters. The number of fused-ring (bicyclic) bond motifs is 1. The van der Waals surface area contributed by atoms with E-state index in [0.29, 0.717) is 5.69 Å². The van der Waals surface area contributed by atoms with E-state index < -0.39 is 14.8 Å². The first kappa shape index (κ1) is 14.3. The zero-order valence-corrected chi connectivity index (χ0v) is 13.5. The summed E-state index contributed by atoms with van der Waals surface area (Å²) in [6.07, 6.45) is 0. The van der Waals surface area contributed by atoms with Crippen molar-refractivity contribution in [2.75, 3.05) is 4.72 Å². The van der Waals surface area contributed by atoms with E-state index in [-0.39, 0.29) is 0 Å². The average Bonchev–Trinajstić information content (AvgIpc) is 2.27. The Balaban J connectivity index is 2.40. The first-order chi connectivity index (χ1) is 8.69. The molecule has 0 aliphatic carbocycles. The van der Waals surface area contributed by atoms with E-state index in [2.05, 4.69) is 20.7 Å². The molecular weight excluding hydrogens is 326 g/mol. The Morgan fingerprint density at radius 3 is 2.21 bits per heavy atom. The predicted molar refractivity (Wildman–Crippen MR) is 83.9 cm³/mol. The number of benzene rings is 2.